The summed E-state index contributed by atoms with van der Waals surface area (Å²) >= 11 is 4.97. The molecule has 2 aromatic rings. The predicted molar refractivity (Wildman–Crippen MR) is 83.5 cm³/mol. The van der Waals surface area contributed by atoms with Gasteiger partial charge in [0.1, 0.15) is 5.82 Å². The van der Waals surface area contributed by atoms with Crippen molar-refractivity contribution in [2.24, 2.45) is 5.73 Å². The van der Waals surface area contributed by atoms with Crippen LogP contribution in [0.15, 0.2) is 24.3 Å². The molecule has 1 amide bonds. The molecule has 1 aromatic carbocycles. The van der Waals surface area contributed by atoms with Crippen molar-refractivity contribution >= 4 is 34.1 Å². The van der Waals surface area contributed by atoms with Crippen LogP contribution in [0, 0.1) is 0 Å². The number of hydrogen-bond donors (Lipinski definition) is 1. The minimum atomic E-state index is 0.0871. The highest BCUT2D eigenvalue weighted by molar-refractivity contribution is 7.80. The fraction of sp³-hybridized carbons (Fsp3) is 0.357. The van der Waals surface area contributed by atoms with Gasteiger partial charge in [-0.2, -0.15) is 0 Å². The van der Waals surface area contributed by atoms with Crippen molar-refractivity contribution in [3.63, 3.8) is 0 Å². The molecule has 106 valence electrons. The van der Waals surface area contributed by atoms with E-state index in [1.807, 2.05) is 28.8 Å². The van der Waals surface area contributed by atoms with E-state index in [4.69, 9.17) is 18.0 Å². The number of carbonyl (C=O) groups is 1. The first-order valence-corrected chi connectivity index (χ1v) is 6.82. The van der Waals surface area contributed by atoms with Crippen LogP contribution >= 0.6 is 12.2 Å². The Morgan fingerprint density at radius 3 is 2.75 bits per heavy atom. The molecule has 0 radical (unpaired) electrons. The molecule has 5 nitrogen and oxygen atoms in total. The van der Waals surface area contributed by atoms with Gasteiger partial charge in [0, 0.05) is 27.1 Å². The monoisotopic (exact) mass is 290 g/mol. The van der Waals surface area contributed by atoms with E-state index in [0.29, 0.717) is 24.4 Å². The van der Waals surface area contributed by atoms with Gasteiger partial charge in [-0.15, -0.1) is 0 Å². The van der Waals surface area contributed by atoms with Crippen LogP contribution in [0.1, 0.15) is 12.2 Å². The van der Waals surface area contributed by atoms with E-state index in [2.05, 4.69) is 4.98 Å². The molecule has 0 saturated carbocycles. The maximum Gasteiger partial charge on any atom is 0.223 e. The van der Waals surface area contributed by atoms with Gasteiger partial charge in [0.15, 0.2) is 0 Å². The van der Waals surface area contributed by atoms with Crippen LogP contribution < -0.4 is 5.73 Å². The zero-order valence-corrected chi connectivity index (χ0v) is 12.5. The number of nitrogens with two attached hydrogens (primary N) is 1. The maximum absolute atomic E-state index is 11.7. The molecule has 6 heteroatoms. The van der Waals surface area contributed by atoms with Crippen LogP contribution in [-0.4, -0.2) is 39.4 Å². The highest BCUT2D eigenvalue weighted by Gasteiger charge is 2.13. The minimum Gasteiger partial charge on any atom is -0.393 e. The number of para-hydroxylation sites is 2. The molecule has 2 N–H and O–H groups in total. The molecule has 0 spiro atoms. The van der Waals surface area contributed by atoms with E-state index in [-0.39, 0.29) is 5.91 Å². The number of benzene rings is 1. The smallest absolute Gasteiger partial charge is 0.223 e. The minimum absolute atomic E-state index is 0.0871. The topological polar surface area (TPSA) is 64.2 Å². The normalized spacial score (nSPS) is 10.7. The molecule has 0 aliphatic carbocycles. The number of imidazole rings is 1. The van der Waals surface area contributed by atoms with Crippen molar-refractivity contribution < 1.29 is 4.79 Å². The average Bonchev–Trinajstić information content (AvgIpc) is 2.72. The zero-order chi connectivity index (χ0) is 14.7. The van der Waals surface area contributed by atoms with E-state index >= 15 is 0 Å². The lowest BCUT2D eigenvalue weighted by molar-refractivity contribution is -0.128. The van der Waals surface area contributed by atoms with Crippen molar-refractivity contribution in [1.29, 1.82) is 0 Å². The Balaban J connectivity index is 2.32. The number of fused-ring (bicyclic) bond motifs is 1. The largest absolute Gasteiger partial charge is 0.393 e. The Bertz CT molecular complexity index is 648. The molecular weight excluding hydrogens is 272 g/mol. The number of aromatic nitrogens is 2. The van der Waals surface area contributed by atoms with Crippen molar-refractivity contribution in [1.82, 2.24) is 14.5 Å². The van der Waals surface area contributed by atoms with Gasteiger partial charge >= 0.3 is 0 Å². The molecule has 0 aliphatic heterocycles. The molecule has 0 unspecified atom stereocenters. The SMILES string of the molecule is CN(C)C(=O)CCn1c(CC(N)=S)nc2ccccc21. The van der Waals surface area contributed by atoms with E-state index in [1.165, 1.54) is 0 Å². The lowest BCUT2D eigenvalue weighted by Gasteiger charge is -2.12. The number of rotatable bonds is 5. The van der Waals surface area contributed by atoms with E-state index in [9.17, 15) is 4.79 Å². The summed E-state index contributed by atoms with van der Waals surface area (Å²) in [5, 5.41) is 0. The molecule has 1 aromatic heterocycles. The van der Waals surface area contributed by atoms with Crippen LogP contribution in [0.2, 0.25) is 0 Å². The summed E-state index contributed by atoms with van der Waals surface area (Å²) in [4.78, 5) is 18.3. The summed E-state index contributed by atoms with van der Waals surface area (Å²) in [7, 11) is 3.51. The van der Waals surface area contributed by atoms with Gasteiger partial charge in [-0.1, -0.05) is 24.4 Å². The molecule has 20 heavy (non-hydrogen) atoms. The van der Waals surface area contributed by atoms with Crippen LogP contribution in [-0.2, 0) is 17.8 Å². The summed E-state index contributed by atoms with van der Waals surface area (Å²) < 4.78 is 2.02. The Morgan fingerprint density at radius 1 is 1.40 bits per heavy atom. The Kier molecular flexibility index (Phi) is 4.34. The first-order chi connectivity index (χ1) is 9.49. The number of hydrogen-bond acceptors (Lipinski definition) is 3. The van der Waals surface area contributed by atoms with Crippen LogP contribution in [0.5, 0.6) is 0 Å². The third kappa shape index (κ3) is 3.14. The van der Waals surface area contributed by atoms with Crippen LogP contribution in [0.4, 0.5) is 0 Å². The Hall–Kier alpha value is -1.95. The van der Waals surface area contributed by atoms with E-state index in [0.717, 1.165) is 16.9 Å². The summed E-state index contributed by atoms with van der Waals surface area (Å²) in [5.74, 6) is 0.898. The zero-order valence-electron chi connectivity index (χ0n) is 11.7. The highest BCUT2D eigenvalue weighted by atomic mass is 32.1. The van der Waals surface area contributed by atoms with Crippen LogP contribution in [0.3, 0.4) is 0 Å². The number of amides is 1. The third-order valence-electron chi connectivity index (χ3n) is 3.11. The summed E-state index contributed by atoms with van der Waals surface area (Å²) in [6.07, 6.45) is 0.873. The first-order valence-electron chi connectivity index (χ1n) is 6.41. The molecule has 0 atom stereocenters. The van der Waals surface area contributed by atoms with Crippen molar-refractivity contribution in [3.8, 4) is 0 Å². The fourth-order valence-corrected chi connectivity index (χ4v) is 2.23. The number of nitrogens with zero attached hydrogens (tertiary/aromatic N) is 3. The fourth-order valence-electron chi connectivity index (χ4n) is 2.10. The molecule has 0 fully saturated rings. The summed E-state index contributed by atoms with van der Waals surface area (Å²) in [5.41, 5.74) is 7.53. The number of carbonyl (C=O) groups excluding carboxylic acids is 1. The van der Waals surface area contributed by atoms with Gasteiger partial charge in [-0.25, -0.2) is 4.98 Å². The van der Waals surface area contributed by atoms with Crippen molar-refractivity contribution in [3.05, 3.63) is 30.1 Å². The quantitative estimate of drug-likeness (QED) is 0.844. The summed E-state index contributed by atoms with van der Waals surface area (Å²) in [6, 6.07) is 7.84. The Morgan fingerprint density at radius 2 is 2.10 bits per heavy atom. The van der Waals surface area contributed by atoms with E-state index in [1.54, 1.807) is 19.0 Å². The predicted octanol–water partition coefficient (Wildman–Crippen LogP) is 1.34. The summed E-state index contributed by atoms with van der Waals surface area (Å²) in [6.45, 7) is 0.579. The average molecular weight is 290 g/mol. The maximum atomic E-state index is 11.7. The third-order valence-corrected chi connectivity index (χ3v) is 3.26. The van der Waals surface area contributed by atoms with Gasteiger partial charge < -0.3 is 15.2 Å². The second-order valence-corrected chi connectivity index (χ2v) is 5.37. The van der Waals surface area contributed by atoms with Gasteiger partial charge in [0.05, 0.1) is 22.4 Å². The molecule has 0 bridgehead atoms. The lowest BCUT2D eigenvalue weighted by Crippen LogP contribution is -2.23. The number of thiocarbonyl (C=S) groups is 1. The standard InChI is InChI=1S/C14H18N4OS/c1-17(2)14(19)7-8-18-11-6-4-3-5-10(11)16-13(18)9-12(15)20/h3-6H,7-9H2,1-2H3,(H2,15,20). The van der Waals surface area contributed by atoms with Crippen molar-refractivity contribution in [2.45, 2.75) is 19.4 Å². The molecule has 2 rings (SSSR count). The molecular formula is C14H18N4OS. The molecule has 0 saturated heterocycles. The lowest BCUT2D eigenvalue weighted by atomic mass is 10.3. The molecule has 0 aliphatic rings. The molecule has 1 heterocycles. The van der Waals surface area contributed by atoms with Crippen LogP contribution in [0.25, 0.3) is 11.0 Å². The van der Waals surface area contributed by atoms with Gasteiger partial charge in [0.2, 0.25) is 5.91 Å². The van der Waals surface area contributed by atoms with E-state index < -0.39 is 0 Å². The number of aryl methyl sites for hydroxylation is 1. The van der Waals surface area contributed by atoms with Gasteiger partial charge in [-0.3, -0.25) is 4.79 Å². The second kappa shape index (κ2) is 6.00. The van der Waals surface area contributed by atoms with Gasteiger partial charge in [-0.05, 0) is 12.1 Å². The second-order valence-electron chi connectivity index (χ2n) is 4.85. The Labute approximate surface area is 123 Å². The van der Waals surface area contributed by atoms with Crippen molar-refractivity contribution in [2.75, 3.05) is 14.1 Å². The van der Waals surface area contributed by atoms with Gasteiger partial charge in [0.25, 0.3) is 0 Å². The highest BCUT2D eigenvalue weighted by Crippen LogP contribution is 2.17. The first kappa shape index (κ1) is 14.5.